The smallest absolute Gasteiger partial charge is 0.251 e. The van der Waals surface area contributed by atoms with E-state index in [1.807, 2.05) is 12.3 Å². The number of carbonyl (C=O) groups excluding carboxylic acids is 1. The van der Waals surface area contributed by atoms with Crippen LogP contribution in [0.3, 0.4) is 0 Å². The molecule has 4 nitrogen and oxygen atoms in total. The van der Waals surface area contributed by atoms with E-state index >= 15 is 0 Å². The molecule has 1 amide bonds. The Morgan fingerprint density at radius 2 is 2.27 bits per heavy atom. The fourth-order valence-corrected chi connectivity index (χ4v) is 1.90. The largest absolute Gasteiger partial charge is 0.366 e. The normalized spacial score (nSPS) is 10.2. The first kappa shape index (κ1) is 9.79. The molecule has 0 fully saturated rings. The summed E-state index contributed by atoms with van der Waals surface area (Å²) >= 11 is 1.43. The minimum atomic E-state index is -0.479. The lowest BCUT2D eigenvalue weighted by Gasteiger charge is -2.03. The zero-order valence-electron chi connectivity index (χ0n) is 8.10. The monoisotopic (exact) mass is 219 g/mol. The van der Waals surface area contributed by atoms with Crippen LogP contribution in [0.5, 0.6) is 0 Å². The first-order valence-corrected chi connectivity index (χ1v) is 5.24. The molecule has 0 aliphatic heterocycles. The molecule has 0 unspecified atom stereocenters. The summed E-state index contributed by atoms with van der Waals surface area (Å²) in [6, 6.07) is 3.44. The van der Waals surface area contributed by atoms with Crippen LogP contribution in [0.4, 0.5) is 0 Å². The van der Waals surface area contributed by atoms with Gasteiger partial charge in [-0.05, 0) is 19.1 Å². The van der Waals surface area contributed by atoms with Crippen molar-refractivity contribution in [3.8, 4) is 10.7 Å². The third kappa shape index (κ3) is 1.87. The van der Waals surface area contributed by atoms with Crippen LogP contribution in [0.2, 0.25) is 0 Å². The maximum atomic E-state index is 11.2. The quantitative estimate of drug-likeness (QED) is 0.834. The Kier molecular flexibility index (Phi) is 2.47. The number of amides is 1. The standard InChI is InChI=1S/C10H9N3OS/c1-6-2-3-7(9(11)14)8(13-6)10-12-4-5-15-10/h2-5H,1H3,(H2,11,14). The number of thiazole rings is 1. The van der Waals surface area contributed by atoms with Crippen molar-refractivity contribution in [2.75, 3.05) is 0 Å². The predicted molar refractivity (Wildman–Crippen MR) is 58.6 cm³/mol. The summed E-state index contributed by atoms with van der Waals surface area (Å²) in [4.78, 5) is 19.6. The maximum absolute atomic E-state index is 11.2. The summed E-state index contributed by atoms with van der Waals surface area (Å²) in [5, 5.41) is 2.55. The molecule has 2 aromatic heterocycles. The first-order chi connectivity index (χ1) is 7.18. The second-order valence-corrected chi connectivity index (χ2v) is 3.94. The van der Waals surface area contributed by atoms with Crippen molar-refractivity contribution in [1.82, 2.24) is 9.97 Å². The van der Waals surface area contributed by atoms with Crippen LogP contribution in [0.15, 0.2) is 23.7 Å². The second kappa shape index (κ2) is 3.78. The van der Waals surface area contributed by atoms with Crippen LogP contribution in [0, 0.1) is 6.92 Å². The van der Waals surface area contributed by atoms with Gasteiger partial charge in [0, 0.05) is 17.3 Å². The molecule has 0 aromatic carbocycles. The minimum absolute atomic E-state index is 0.413. The topological polar surface area (TPSA) is 68.9 Å². The molecule has 0 saturated carbocycles. The summed E-state index contributed by atoms with van der Waals surface area (Å²) in [7, 11) is 0. The van der Waals surface area contributed by atoms with Gasteiger partial charge in [-0.3, -0.25) is 4.79 Å². The zero-order chi connectivity index (χ0) is 10.8. The van der Waals surface area contributed by atoms with Gasteiger partial charge in [0.25, 0.3) is 5.91 Å². The molecule has 0 aliphatic rings. The van der Waals surface area contributed by atoms with Crippen LogP contribution in [-0.4, -0.2) is 15.9 Å². The first-order valence-electron chi connectivity index (χ1n) is 4.36. The molecule has 2 heterocycles. The Hall–Kier alpha value is -1.75. The van der Waals surface area contributed by atoms with Crippen molar-refractivity contribution in [2.24, 2.45) is 5.73 Å². The molecule has 2 N–H and O–H groups in total. The number of nitrogens with two attached hydrogens (primary N) is 1. The van der Waals surface area contributed by atoms with Crippen LogP contribution < -0.4 is 5.73 Å². The number of aromatic nitrogens is 2. The Morgan fingerprint density at radius 3 is 2.87 bits per heavy atom. The fraction of sp³-hybridized carbons (Fsp3) is 0.100. The Morgan fingerprint density at radius 1 is 1.47 bits per heavy atom. The van der Waals surface area contributed by atoms with Gasteiger partial charge >= 0.3 is 0 Å². The lowest BCUT2D eigenvalue weighted by molar-refractivity contribution is 0.100. The summed E-state index contributed by atoms with van der Waals surface area (Å²) < 4.78 is 0. The molecule has 2 rings (SSSR count). The highest BCUT2D eigenvalue weighted by Crippen LogP contribution is 2.23. The van der Waals surface area contributed by atoms with Crippen LogP contribution in [0.1, 0.15) is 16.1 Å². The summed E-state index contributed by atoms with van der Waals surface area (Å²) in [6.07, 6.45) is 1.68. The molecule has 15 heavy (non-hydrogen) atoms. The number of nitrogens with zero attached hydrogens (tertiary/aromatic N) is 2. The van der Waals surface area contributed by atoms with E-state index < -0.39 is 5.91 Å². The molecule has 0 atom stereocenters. The number of pyridine rings is 1. The van der Waals surface area contributed by atoms with Gasteiger partial charge in [0.05, 0.1) is 5.56 Å². The van der Waals surface area contributed by atoms with Crippen molar-refractivity contribution < 1.29 is 4.79 Å². The third-order valence-electron chi connectivity index (χ3n) is 1.93. The molecule has 2 aromatic rings. The fourth-order valence-electron chi connectivity index (χ4n) is 1.26. The van der Waals surface area contributed by atoms with E-state index in [1.165, 1.54) is 11.3 Å². The lowest BCUT2D eigenvalue weighted by atomic mass is 10.1. The van der Waals surface area contributed by atoms with Crippen molar-refractivity contribution in [1.29, 1.82) is 0 Å². The van der Waals surface area contributed by atoms with Gasteiger partial charge in [-0.25, -0.2) is 9.97 Å². The molecule has 0 aliphatic carbocycles. The van der Waals surface area contributed by atoms with Gasteiger partial charge in [-0.15, -0.1) is 11.3 Å². The maximum Gasteiger partial charge on any atom is 0.251 e. The number of hydrogen-bond donors (Lipinski definition) is 1. The van der Waals surface area contributed by atoms with Crippen LogP contribution in [0.25, 0.3) is 10.7 Å². The van der Waals surface area contributed by atoms with Crippen molar-refractivity contribution in [3.63, 3.8) is 0 Å². The lowest BCUT2D eigenvalue weighted by Crippen LogP contribution is -2.13. The van der Waals surface area contributed by atoms with E-state index in [9.17, 15) is 4.79 Å². The number of primary amides is 1. The van der Waals surface area contributed by atoms with Gasteiger partial charge in [0.1, 0.15) is 10.7 Å². The average molecular weight is 219 g/mol. The Labute approximate surface area is 90.8 Å². The Bertz CT molecular complexity index is 493. The number of hydrogen-bond acceptors (Lipinski definition) is 4. The highest BCUT2D eigenvalue weighted by molar-refractivity contribution is 7.13. The molecular formula is C10H9N3OS. The summed E-state index contributed by atoms with van der Waals surface area (Å²) in [6.45, 7) is 1.86. The SMILES string of the molecule is Cc1ccc(C(N)=O)c(-c2nccs2)n1. The number of rotatable bonds is 2. The molecule has 0 spiro atoms. The van der Waals surface area contributed by atoms with Crippen molar-refractivity contribution >= 4 is 17.2 Å². The Balaban J connectivity index is 2.63. The van der Waals surface area contributed by atoms with E-state index in [4.69, 9.17) is 5.73 Å². The van der Waals surface area contributed by atoms with Gasteiger partial charge in [0.2, 0.25) is 0 Å². The van der Waals surface area contributed by atoms with E-state index in [0.717, 1.165) is 5.69 Å². The highest BCUT2D eigenvalue weighted by Gasteiger charge is 2.13. The molecule has 76 valence electrons. The molecule has 5 heteroatoms. The van der Waals surface area contributed by atoms with Crippen molar-refractivity contribution in [2.45, 2.75) is 6.92 Å². The summed E-state index contributed by atoms with van der Waals surface area (Å²) in [5.74, 6) is -0.479. The van der Waals surface area contributed by atoms with Gasteiger partial charge < -0.3 is 5.73 Å². The van der Waals surface area contributed by atoms with Crippen molar-refractivity contribution in [3.05, 3.63) is 35.0 Å². The molecule has 0 saturated heterocycles. The van der Waals surface area contributed by atoms with Gasteiger partial charge in [-0.2, -0.15) is 0 Å². The average Bonchev–Trinajstić information content (AvgIpc) is 2.69. The van der Waals surface area contributed by atoms with Crippen LogP contribution in [-0.2, 0) is 0 Å². The van der Waals surface area contributed by atoms with E-state index in [1.54, 1.807) is 18.3 Å². The van der Waals surface area contributed by atoms with E-state index in [-0.39, 0.29) is 0 Å². The minimum Gasteiger partial charge on any atom is -0.366 e. The van der Waals surface area contributed by atoms with Gasteiger partial charge in [0.15, 0.2) is 0 Å². The van der Waals surface area contributed by atoms with Crippen LogP contribution >= 0.6 is 11.3 Å². The zero-order valence-corrected chi connectivity index (χ0v) is 8.91. The van der Waals surface area contributed by atoms with E-state index in [2.05, 4.69) is 9.97 Å². The molecular weight excluding hydrogens is 210 g/mol. The highest BCUT2D eigenvalue weighted by atomic mass is 32.1. The molecule has 0 radical (unpaired) electrons. The molecule has 0 bridgehead atoms. The third-order valence-corrected chi connectivity index (χ3v) is 2.71. The number of aryl methyl sites for hydroxylation is 1. The van der Waals surface area contributed by atoms with E-state index in [0.29, 0.717) is 16.3 Å². The number of carbonyl (C=O) groups is 1. The second-order valence-electron chi connectivity index (χ2n) is 3.05. The predicted octanol–water partition coefficient (Wildman–Crippen LogP) is 1.61. The summed E-state index contributed by atoms with van der Waals surface area (Å²) in [5.41, 5.74) is 7.09. The van der Waals surface area contributed by atoms with Gasteiger partial charge in [-0.1, -0.05) is 0 Å².